The maximum atomic E-state index is 12.3. The third-order valence-electron chi connectivity index (χ3n) is 3.80. The number of fused-ring (bicyclic) bond motifs is 1. The molecule has 1 heterocycles. The van der Waals surface area contributed by atoms with E-state index in [1.165, 1.54) is 12.1 Å². The molecule has 0 fully saturated rings. The van der Waals surface area contributed by atoms with Crippen molar-refractivity contribution in [1.82, 2.24) is 15.1 Å². The number of aromatic amines is 1. The van der Waals surface area contributed by atoms with Gasteiger partial charge >= 0.3 is 6.03 Å². The van der Waals surface area contributed by atoms with E-state index in [1.54, 1.807) is 6.07 Å². The highest BCUT2D eigenvalue weighted by Gasteiger charge is 2.13. The number of rotatable bonds is 3. The second kappa shape index (κ2) is 6.00. The molecule has 3 rings (SSSR count). The Kier molecular flexibility index (Phi) is 3.89. The molecule has 0 bridgehead atoms. The SMILES string of the molecule is CCc1ccccc1CNC(=O)n1[nH]c2ccc(O)cc2c1=O. The molecule has 6 nitrogen and oxygen atoms in total. The van der Waals surface area contributed by atoms with E-state index in [1.807, 2.05) is 24.3 Å². The lowest BCUT2D eigenvalue weighted by Crippen LogP contribution is -2.35. The number of benzene rings is 2. The topological polar surface area (TPSA) is 87.1 Å². The van der Waals surface area contributed by atoms with Crippen molar-refractivity contribution in [3.8, 4) is 5.75 Å². The van der Waals surface area contributed by atoms with Gasteiger partial charge in [-0.05, 0) is 35.7 Å². The first-order valence-electron chi connectivity index (χ1n) is 7.39. The summed E-state index contributed by atoms with van der Waals surface area (Å²) in [5, 5.41) is 15.2. The number of amides is 1. The molecule has 0 unspecified atom stereocenters. The maximum absolute atomic E-state index is 12.3. The fourth-order valence-corrected chi connectivity index (χ4v) is 2.57. The van der Waals surface area contributed by atoms with E-state index in [2.05, 4.69) is 17.3 Å². The van der Waals surface area contributed by atoms with Crippen LogP contribution in [0.15, 0.2) is 47.3 Å². The first kappa shape index (κ1) is 14.9. The average molecular weight is 311 g/mol. The molecule has 1 amide bonds. The van der Waals surface area contributed by atoms with Crippen molar-refractivity contribution in [1.29, 1.82) is 0 Å². The Hall–Kier alpha value is -3.02. The van der Waals surface area contributed by atoms with Crippen LogP contribution in [0.25, 0.3) is 10.9 Å². The van der Waals surface area contributed by atoms with E-state index in [0.29, 0.717) is 12.1 Å². The lowest BCUT2D eigenvalue weighted by molar-refractivity contribution is 0.238. The summed E-state index contributed by atoms with van der Waals surface area (Å²) in [4.78, 5) is 24.5. The number of aromatic nitrogens is 2. The number of aryl methyl sites for hydroxylation is 1. The Morgan fingerprint density at radius 3 is 2.70 bits per heavy atom. The summed E-state index contributed by atoms with van der Waals surface area (Å²) in [7, 11) is 0. The minimum absolute atomic E-state index is 0.0157. The molecule has 0 saturated heterocycles. The molecule has 6 heteroatoms. The molecule has 0 saturated carbocycles. The number of nitrogens with zero attached hydrogens (tertiary/aromatic N) is 1. The minimum Gasteiger partial charge on any atom is -0.508 e. The molecule has 3 N–H and O–H groups in total. The van der Waals surface area contributed by atoms with E-state index in [0.717, 1.165) is 22.2 Å². The third-order valence-corrected chi connectivity index (χ3v) is 3.80. The van der Waals surface area contributed by atoms with Crippen LogP contribution in [0, 0.1) is 0 Å². The average Bonchev–Trinajstić information content (AvgIpc) is 2.89. The minimum atomic E-state index is -0.531. The second-order valence-corrected chi connectivity index (χ2v) is 5.26. The maximum Gasteiger partial charge on any atom is 0.343 e. The van der Waals surface area contributed by atoms with E-state index in [4.69, 9.17) is 0 Å². The van der Waals surface area contributed by atoms with Crippen LogP contribution in [-0.2, 0) is 13.0 Å². The predicted molar refractivity (Wildman–Crippen MR) is 87.7 cm³/mol. The van der Waals surface area contributed by atoms with Crippen LogP contribution in [-0.4, -0.2) is 20.9 Å². The van der Waals surface area contributed by atoms with Crippen molar-refractivity contribution in [3.05, 3.63) is 63.9 Å². The van der Waals surface area contributed by atoms with Crippen molar-refractivity contribution < 1.29 is 9.90 Å². The molecule has 0 aliphatic heterocycles. The zero-order valence-electron chi connectivity index (χ0n) is 12.7. The van der Waals surface area contributed by atoms with Gasteiger partial charge in [0.1, 0.15) is 5.75 Å². The van der Waals surface area contributed by atoms with E-state index in [9.17, 15) is 14.7 Å². The molecule has 0 spiro atoms. The largest absolute Gasteiger partial charge is 0.508 e. The molecule has 23 heavy (non-hydrogen) atoms. The Morgan fingerprint density at radius 1 is 1.22 bits per heavy atom. The van der Waals surface area contributed by atoms with Crippen molar-refractivity contribution in [2.75, 3.05) is 0 Å². The fraction of sp³-hybridized carbons (Fsp3) is 0.176. The predicted octanol–water partition coefficient (Wildman–Crippen LogP) is 2.36. The normalized spacial score (nSPS) is 10.8. The van der Waals surface area contributed by atoms with Gasteiger partial charge in [0.05, 0.1) is 10.9 Å². The Morgan fingerprint density at radius 2 is 1.96 bits per heavy atom. The van der Waals surface area contributed by atoms with Gasteiger partial charge in [0.2, 0.25) is 0 Å². The molecule has 0 aliphatic carbocycles. The molecule has 0 radical (unpaired) electrons. The lowest BCUT2D eigenvalue weighted by Gasteiger charge is -2.09. The van der Waals surface area contributed by atoms with Crippen molar-refractivity contribution in [3.63, 3.8) is 0 Å². The second-order valence-electron chi connectivity index (χ2n) is 5.26. The standard InChI is InChI=1S/C17H17N3O3/c1-2-11-5-3-4-6-12(11)10-18-17(23)20-16(22)14-9-13(21)7-8-15(14)19-20/h3-9,19,21H,2,10H2,1H3,(H,18,23). The summed E-state index contributed by atoms with van der Waals surface area (Å²) in [5.41, 5.74) is 2.18. The van der Waals surface area contributed by atoms with Gasteiger partial charge in [-0.25, -0.2) is 4.79 Å². The van der Waals surface area contributed by atoms with Crippen LogP contribution in [0.5, 0.6) is 5.75 Å². The molecule has 0 aliphatic rings. The smallest absolute Gasteiger partial charge is 0.343 e. The number of phenolic OH excluding ortho intramolecular Hbond substituents is 1. The van der Waals surface area contributed by atoms with Gasteiger partial charge in [0.25, 0.3) is 5.56 Å². The third kappa shape index (κ3) is 2.83. The summed E-state index contributed by atoms with van der Waals surface area (Å²) in [6.07, 6.45) is 0.873. The molecule has 0 atom stereocenters. The highest BCUT2D eigenvalue weighted by Crippen LogP contribution is 2.15. The highest BCUT2D eigenvalue weighted by atomic mass is 16.3. The van der Waals surface area contributed by atoms with Gasteiger partial charge in [0.15, 0.2) is 0 Å². The number of hydrogen-bond donors (Lipinski definition) is 3. The van der Waals surface area contributed by atoms with Crippen LogP contribution < -0.4 is 10.9 Å². The highest BCUT2D eigenvalue weighted by molar-refractivity contribution is 5.85. The first-order valence-corrected chi connectivity index (χ1v) is 7.39. The molecule has 1 aromatic heterocycles. The summed E-state index contributed by atoms with van der Waals surface area (Å²) in [6.45, 7) is 2.39. The molecule has 3 aromatic rings. The Labute approximate surface area is 132 Å². The Balaban J connectivity index is 1.84. The number of aromatic hydroxyl groups is 1. The monoisotopic (exact) mass is 311 g/mol. The van der Waals surface area contributed by atoms with Gasteiger partial charge in [0, 0.05) is 6.54 Å². The van der Waals surface area contributed by atoms with Crippen molar-refractivity contribution >= 4 is 16.9 Å². The van der Waals surface area contributed by atoms with Crippen molar-refractivity contribution in [2.45, 2.75) is 19.9 Å². The van der Waals surface area contributed by atoms with Gasteiger partial charge in [-0.3, -0.25) is 9.89 Å². The molecule has 118 valence electrons. The van der Waals surface area contributed by atoms with E-state index in [-0.39, 0.29) is 11.1 Å². The van der Waals surface area contributed by atoms with Crippen LogP contribution in [0.3, 0.4) is 0 Å². The number of carbonyl (C=O) groups excluding carboxylic acids is 1. The summed E-state index contributed by atoms with van der Waals surface area (Å²) in [5.74, 6) is -0.0157. The summed E-state index contributed by atoms with van der Waals surface area (Å²) in [6, 6.07) is 11.7. The van der Waals surface area contributed by atoms with Crippen LogP contribution in [0.1, 0.15) is 18.1 Å². The zero-order valence-corrected chi connectivity index (χ0v) is 12.7. The molecule has 2 aromatic carbocycles. The van der Waals surface area contributed by atoms with E-state index >= 15 is 0 Å². The van der Waals surface area contributed by atoms with Gasteiger partial charge in [-0.2, -0.15) is 4.68 Å². The summed E-state index contributed by atoms with van der Waals surface area (Å²) >= 11 is 0. The van der Waals surface area contributed by atoms with Gasteiger partial charge in [-0.15, -0.1) is 0 Å². The molecular formula is C17H17N3O3. The van der Waals surface area contributed by atoms with Gasteiger partial charge in [-0.1, -0.05) is 31.2 Å². The first-order chi connectivity index (χ1) is 11.1. The lowest BCUT2D eigenvalue weighted by atomic mass is 10.1. The number of hydrogen-bond acceptors (Lipinski definition) is 3. The number of nitrogens with one attached hydrogen (secondary N) is 2. The van der Waals surface area contributed by atoms with Crippen LogP contribution >= 0.6 is 0 Å². The summed E-state index contributed by atoms with van der Waals surface area (Å²) < 4.78 is 0.915. The number of H-pyrrole nitrogens is 1. The van der Waals surface area contributed by atoms with Crippen LogP contribution in [0.4, 0.5) is 4.79 Å². The van der Waals surface area contributed by atoms with Gasteiger partial charge < -0.3 is 10.4 Å². The number of phenols is 1. The zero-order chi connectivity index (χ0) is 16.4. The number of carbonyl (C=O) groups is 1. The van der Waals surface area contributed by atoms with Crippen LogP contribution in [0.2, 0.25) is 0 Å². The molecular weight excluding hydrogens is 294 g/mol. The quantitative estimate of drug-likeness (QED) is 0.694. The van der Waals surface area contributed by atoms with Crippen molar-refractivity contribution in [2.24, 2.45) is 0 Å². The Bertz CT molecular complexity index is 924. The fourth-order valence-electron chi connectivity index (χ4n) is 2.57. The van der Waals surface area contributed by atoms with E-state index < -0.39 is 11.6 Å².